The van der Waals surface area contributed by atoms with Crippen molar-refractivity contribution >= 4 is 19.7 Å². The normalized spacial score (nSPS) is 19.1. The lowest BCUT2D eigenvalue weighted by atomic mass is 10.1. The van der Waals surface area contributed by atoms with E-state index in [2.05, 4.69) is 0 Å². The standard InChI is InChI=1S/C46H42O10S2/c1-31-3-19-39(20-4-31)57(47,48)41-23-15-37(16-24-41)55-36-13-9-34(10-14-36)33-7-11-35(12-8-33)52-28-27-32-5-21-40(22-6-32)58(49,50)42-25-17-38(18-26-42)56-44-30-54-45-43(51-2)29-53-46(44)45/h3-26,43-46H,27-30H2,1-2H3. The van der Waals surface area contributed by atoms with Gasteiger partial charge in [0.25, 0.3) is 0 Å². The van der Waals surface area contributed by atoms with Gasteiger partial charge in [0, 0.05) is 13.5 Å². The van der Waals surface area contributed by atoms with E-state index in [4.69, 9.17) is 28.4 Å². The fourth-order valence-electron chi connectivity index (χ4n) is 7.00. The van der Waals surface area contributed by atoms with E-state index in [0.717, 1.165) is 28.0 Å². The summed E-state index contributed by atoms with van der Waals surface area (Å²) in [6.45, 7) is 3.16. The van der Waals surface area contributed by atoms with Crippen LogP contribution < -0.4 is 14.2 Å². The van der Waals surface area contributed by atoms with Gasteiger partial charge in [-0.1, -0.05) is 54.1 Å². The van der Waals surface area contributed by atoms with Crippen LogP contribution >= 0.6 is 0 Å². The smallest absolute Gasteiger partial charge is 0.206 e. The van der Waals surface area contributed by atoms with Gasteiger partial charge < -0.3 is 28.4 Å². The SMILES string of the molecule is COC1COC2C(Oc3ccc(S(=O)(=O)c4ccc(CCOc5ccc(-c6ccc(Oc7ccc(S(=O)(=O)c8ccc(C)cc8)cc7)cc6)cc5)cc4)cc3)COC12. The molecule has 0 amide bonds. The summed E-state index contributed by atoms with van der Waals surface area (Å²) in [5, 5.41) is 0. The number of rotatable bonds is 14. The minimum absolute atomic E-state index is 0.120. The zero-order valence-electron chi connectivity index (χ0n) is 31.9. The lowest BCUT2D eigenvalue weighted by molar-refractivity contribution is -0.0138. The van der Waals surface area contributed by atoms with E-state index >= 15 is 0 Å². The Balaban J connectivity index is 0.801. The maximum absolute atomic E-state index is 13.4. The molecule has 12 heteroatoms. The number of benzene rings is 6. The molecule has 2 heterocycles. The molecule has 0 radical (unpaired) electrons. The van der Waals surface area contributed by atoms with Crippen LogP contribution in [0, 0.1) is 6.92 Å². The Bertz CT molecular complexity index is 2540. The molecule has 0 bridgehead atoms. The number of fused-ring (bicyclic) bond motifs is 1. The lowest BCUT2D eigenvalue weighted by Gasteiger charge is -2.18. The molecule has 4 unspecified atom stereocenters. The fourth-order valence-corrected chi connectivity index (χ4v) is 9.52. The van der Waals surface area contributed by atoms with Gasteiger partial charge in [-0.25, -0.2) is 16.8 Å². The van der Waals surface area contributed by atoms with E-state index in [1.807, 2.05) is 67.6 Å². The molecule has 0 aromatic heterocycles. The Morgan fingerprint density at radius 3 is 1.45 bits per heavy atom. The number of ether oxygens (including phenoxy) is 6. The molecule has 2 fully saturated rings. The molecular weight excluding hydrogens is 777 g/mol. The van der Waals surface area contributed by atoms with Crippen molar-refractivity contribution in [2.24, 2.45) is 0 Å². The molecule has 58 heavy (non-hydrogen) atoms. The van der Waals surface area contributed by atoms with E-state index < -0.39 is 19.7 Å². The third-order valence-electron chi connectivity index (χ3n) is 10.3. The summed E-state index contributed by atoms with van der Waals surface area (Å²) in [6, 6.07) is 41.9. The minimum Gasteiger partial charge on any atom is -0.493 e. The van der Waals surface area contributed by atoms with Crippen molar-refractivity contribution in [2.75, 3.05) is 26.9 Å². The van der Waals surface area contributed by atoms with Crippen molar-refractivity contribution in [3.8, 4) is 34.1 Å². The first-order valence-electron chi connectivity index (χ1n) is 18.9. The molecule has 0 saturated carbocycles. The summed E-state index contributed by atoms with van der Waals surface area (Å²) in [5.41, 5.74) is 3.94. The number of hydrogen-bond acceptors (Lipinski definition) is 10. The highest BCUT2D eigenvalue weighted by molar-refractivity contribution is 7.91. The molecule has 2 aliphatic heterocycles. The van der Waals surface area contributed by atoms with Gasteiger partial charge in [0.2, 0.25) is 19.7 Å². The first-order valence-corrected chi connectivity index (χ1v) is 21.8. The highest BCUT2D eigenvalue weighted by Gasteiger charge is 2.49. The number of aryl methyl sites for hydroxylation is 1. The second kappa shape index (κ2) is 16.8. The number of hydrogen-bond donors (Lipinski definition) is 0. The van der Waals surface area contributed by atoms with E-state index in [1.54, 1.807) is 92.0 Å². The average molecular weight is 819 g/mol. The van der Waals surface area contributed by atoms with Gasteiger partial charge in [-0.05, 0) is 121 Å². The molecule has 4 atom stereocenters. The Morgan fingerprint density at radius 1 is 0.517 bits per heavy atom. The molecule has 298 valence electrons. The Kier molecular flexibility index (Phi) is 11.4. The molecular formula is C46H42O10S2. The predicted octanol–water partition coefficient (Wildman–Crippen LogP) is 8.30. The molecule has 0 aliphatic carbocycles. The lowest BCUT2D eigenvalue weighted by Crippen LogP contribution is -2.35. The first kappa shape index (κ1) is 39.3. The van der Waals surface area contributed by atoms with Gasteiger partial charge in [0.05, 0.1) is 39.4 Å². The van der Waals surface area contributed by atoms with Crippen molar-refractivity contribution in [1.29, 1.82) is 0 Å². The Morgan fingerprint density at radius 2 is 0.931 bits per heavy atom. The van der Waals surface area contributed by atoms with Crippen LogP contribution in [0.2, 0.25) is 0 Å². The average Bonchev–Trinajstić information content (AvgIpc) is 3.85. The van der Waals surface area contributed by atoms with Gasteiger partial charge in [0.1, 0.15) is 41.3 Å². The highest BCUT2D eigenvalue weighted by atomic mass is 32.2. The number of methoxy groups -OCH3 is 1. The molecule has 0 spiro atoms. The molecule has 8 rings (SSSR count). The van der Waals surface area contributed by atoms with Gasteiger partial charge in [-0.3, -0.25) is 0 Å². The van der Waals surface area contributed by atoms with E-state index in [9.17, 15) is 16.8 Å². The van der Waals surface area contributed by atoms with Crippen molar-refractivity contribution < 1.29 is 45.3 Å². The van der Waals surface area contributed by atoms with Crippen LogP contribution in [-0.2, 0) is 40.3 Å². The largest absolute Gasteiger partial charge is 0.493 e. The molecule has 2 aliphatic rings. The third-order valence-corrected chi connectivity index (χ3v) is 13.9. The predicted molar refractivity (Wildman–Crippen MR) is 217 cm³/mol. The summed E-state index contributed by atoms with van der Waals surface area (Å²) in [5.74, 6) is 2.41. The van der Waals surface area contributed by atoms with E-state index in [0.29, 0.717) is 43.5 Å². The van der Waals surface area contributed by atoms with Crippen LogP contribution in [0.25, 0.3) is 11.1 Å². The Hall–Kier alpha value is -5.50. The van der Waals surface area contributed by atoms with Gasteiger partial charge >= 0.3 is 0 Å². The third kappa shape index (κ3) is 8.52. The number of sulfone groups is 2. The monoisotopic (exact) mass is 818 g/mol. The van der Waals surface area contributed by atoms with Crippen LogP contribution in [0.3, 0.4) is 0 Å². The van der Waals surface area contributed by atoms with Crippen molar-refractivity contribution in [3.63, 3.8) is 0 Å². The van der Waals surface area contributed by atoms with Crippen molar-refractivity contribution in [3.05, 3.63) is 157 Å². The van der Waals surface area contributed by atoms with Gasteiger partial charge in [0.15, 0.2) is 6.10 Å². The van der Waals surface area contributed by atoms with E-state index in [1.165, 1.54) is 0 Å². The molecule has 0 N–H and O–H groups in total. The second-order valence-electron chi connectivity index (χ2n) is 14.2. The second-order valence-corrected chi connectivity index (χ2v) is 18.1. The maximum atomic E-state index is 13.4. The summed E-state index contributed by atoms with van der Waals surface area (Å²) >= 11 is 0. The topological polar surface area (TPSA) is 124 Å². The summed E-state index contributed by atoms with van der Waals surface area (Å²) < 4.78 is 87.8. The zero-order chi connectivity index (χ0) is 40.3. The van der Waals surface area contributed by atoms with Crippen LogP contribution in [0.15, 0.2) is 165 Å². The minimum atomic E-state index is -3.73. The first-order chi connectivity index (χ1) is 28.1. The Labute approximate surface area is 338 Å². The quantitative estimate of drug-likeness (QED) is 0.106. The van der Waals surface area contributed by atoms with Crippen LogP contribution in [-0.4, -0.2) is 68.2 Å². The van der Waals surface area contributed by atoms with Crippen molar-refractivity contribution in [2.45, 2.75) is 57.3 Å². The maximum Gasteiger partial charge on any atom is 0.206 e. The van der Waals surface area contributed by atoms with Crippen molar-refractivity contribution in [1.82, 2.24) is 0 Å². The van der Waals surface area contributed by atoms with Crippen LogP contribution in [0.5, 0.6) is 23.0 Å². The summed E-state index contributed by atoms with van der Waals surface area (Å²) in [4.78, 5) is 0.841. The fraction of sp³-hybridized carbons (Fsp3) is 0.217. The van der Waals surface area contributed by atoms with Crippen LogP contribution in [0.4, 0.5) is 0 Å². The molecule has 6 aromatic carbocycles. The zero-order valence-corrected chi connectivity index (χ0v) is 33.5. The van der Waals surface area contributed by atoms with Gasteiger partial charge in [-0.15, -0.1) is 0 Å². The summed E-state index contributed by atoms with van der Waals surface area (Å²) in [6.07, 6.45) is -0.212. The molecule has 2 saturated heterocycles. The van der Waals surface area contributed by atoms with E-state index in [-0.39, 0.29) is 44.0 Å². The highest BCUT2D eigenvalue weighted by Crippen LogP contribution is 2.33. The van der Waals surface area contributed by atoms with Gasteiger partial charge in [-0.2, -0.15) is 0 Å². The summed E-state index contributed by atoms with van der Waals surface area (Å²) in [7, 11) is -5.71. The van der Waals surface area contributed by atoms with Crippen LogP contribution in [0.1, 0.15) is 11.1 Å². The molecule has 10 nitrogen and oxygen atoms in total. The molecule has 6 aromatic rings.